The molecule has 0 saturated carbocycles. The van der Waals surface area contributed by atoms with E-state index in [1.807, 2.05) is 59.2 Å². The highest BCUT2D eigenvalue weighted by molar-refractivity contribution is 5.97. The van der Waals surface area contributed by atoms with Gasteiger partial charge in [0.15, 0.2) is 0 Å². The molecule has 55 heavy (non-hydrogen) atoms. The van der Waals surface area contributed by atoms with E-state index in [2.05, 4.69) is 65.8 Å². The first-order valence-electron chi connectivity index (χ1n) is 22.4. The highest BCUT2D eigenvalue weighted by atomic mass is 16.3. The predicted molar refractivity (Wildman–Crippen MR) is 230 cm³/mol. The van der Waals surface area contributed by atoms with Crippen molar-refractivity contribution in [3.8, 4) is 67.5 Å². The number of benzene rings is 6. The molecule has 2 heterocycles. The molecule has 272 valence electrons. The number of hydrogen-bond acceptors (Lipinski definition) is 3. The number of hydrogen-bond donors (Lipinski definition) is 1. The van der Waals surface area contributed by atoms with Crippen molar-refractivity contribution in [3.05, 3.63) is 168 Å². The lowest BCUT2D eigenvalue weighted by Gasteiger charge is -2.22. The van der Waals surface area contributed by atoms with Gasteiger partial charge in [0.1, 0.15) is 11.6 Å². The molecule has 0 saturated heterocycles. The van der Waals surface area contributed by atoms with Crippen LogP contribution in [0, 0.1) is 6.85 Å². The molecule has 0 radical (unpaired) electrons. The molecule has 0 aliphatic carbocycles. The highest BCUT2D eigenvalue weighted by Crippen LogP contribution is 2.42. The van der Waals surface area contributed by atoms with E-state index in [4.69, 9.17) is 20.9 Å². The summed E-state index contributed by atoms with van der Waals surface area (Å²) in [7, 11) is 0. The first kappa shape index (κ1) is 27.3. The molecule has 0 unspecified atom stereocenters. The lowest BCUT2D eigenvalue weighted by atomic mass is 9.83. The van der Waals surface area contributed by atoms with Crippen molar-refractivity contribution in [2.45, 2.75) is 59.2 Å². The molecule has 0 spiro atoms. The standard InChI is InChI=1S/C51H47N3O/c1-33-20-25-45(43(28-33)35-21-23-39(24-22-35)50(2,3)4)54-46-18-13-17-41(48(46)53-49(54)42-16-11-12-19-47(42)55)37-29-38(31-40(30-37)51(5,6)7)44-32-36(26-27-52-44)34-14-9-8-10-15-34/h8-32,55H,1-7H3/i1D3,8D,9D,10D,14D,15D. The zero-order chi connectivity index (χ0) is 45.3. The van der Waals surface area contributed by atoms with Gasteiger partial charge in [-0.05, 0) is 106 Å². The van der Waals surface area contributed by atoms with E-state index in [1.165, 1.54) is 0 Å². The second-order valence-corrected chi connectivity index (χ2v) is 16.0. The van der Waals surface area contributed by atoms with Gasteiger partial charge in [0.05, 0.1) is 34.8 Å². The summed E-state index contributed by atoms with van der Waals surface area (Å²) < 4.78 is 68.9. The first-order valence-corrected chi connectivity index (χ1v) is 18.4. The van der Waals surface area contributed by atoms with Gasteiger partial charge in [-0.25, -0.2) is 4.98 Å². The van der Waals surface area contributed by atoms with E-state index >= 15 is 0 Å². The van der Waals surface area contributed by atoms with Crippen molar-refractivity contribution in [3.63, 3.8) is 0 Å². The third kappa shape index (κ3) is 6.97. The molecule has 1 N–H and O–H groups in total. The lowest BCUT2D eigenvalue weighted by Crippen LogP contribution is -2.11. The first-order chi connectivity index (χ1) is 29.6. The minimum atomic E-state index is -2.36. The zero-order valence-electron chi connectivity index (χ0n) is 39.8. The number of para-hydroxylation sites is 2. The molecule has 0 fully saturated rings. The van der Waals surface area contributed by atoms with Crippen LogP contribution in [0.15, 0.2) is 152 Å². The Hall–Kier alpha value is -6.26. The average Bonchev–Trinajstić information content (AvgIpc) is 3.63. The Morgan fingerprint density at radius 3 is 2.05 bits per heavy atom. The van der Waals surface area contributed by atoms with Gasteiger partial charge in [0.25, 0.3) is 0 Å². The van der Waals surface area contributed by atoms with E-state index in [0.29, 0.717) is 39.4 Å². The van der Waals surface area contributed by atoms with E-state index in [-0.39, 0.29) is 39.8 Å². The lowest BCUT2D eigenvalue weighted by molar-refractivity contribution is 0.477. The molecule has 0 aliphatic heterocycles. The quantitative estimate of drug-likeness (QED) is 0.186. The highest BCUT2D eigenvalue weighted by Gasteiger charge is 2.24. The van der Waals surface area contributed by atoms with Crippen LogP contribution in [0.4, 0.5) is 0 Å². The summed E-state index contributed by atoms with van der Waals surface area (Å²) >= 11 is 0. The number of aromatic hydroxyl groups is 1. The Morgan fingerprint density at radius 2 is 1.33 bits per heavy atom. The number of aryl methyl sites for hydroxylation is 1. The SMILES string of the molecule is [2H]c1c([2H])c([2H])c(-c2ccnc(-c3cc(-c4cccc5c4nc(-c4ccccc4O)n5-c4ccc(C([2H])([2H])[2H])cc4-c4ccc(C(C)(C)C)cc4)cc(C(C)(C)C)c3)c2)c([2H])c1[2H]. The molecule has 0 atom stereocenters. The van der Waals surface area contributed by atoms with Crippen LogP contribution in [0.5, 0.6) is 5.75 Å². The summed E-state index contributed by atoms with van der Waals surface area (Å²) in [5.41, 5.74) is 9.47. The van der Waals surface area contributed by atoms with Gasteiger partial charge in [-0.15, -0.1) is 0 Å². The summed E-state index contributed by atoms with van der Waals surface area (Å²) in [6, 6.07) is 34.1. The van der Waals surface area contributed by atoms with Crippen molar-refractivity contribution in [1.82, 2.24) is 14.5 Å². The van der Waals surface area contributed by atoms with Crippen LogP contribution < -0.4 is 0 Å². The summed E-state index contributed by atoms with van der Waals surface area (Å²) in [4.78, 5) is 10.0. The molecule has 4 nitrogen and oxygen atoms in total. The summed E-state index contributed by atoms with van der Waals surface area (Å²) in [6.45, 7) is 10.4. The molecule has 0 amide bonds. The monoisotopic (exact) mass is 725 g/mol. The van der Waals surface area contributed by atoms with E-state index in [9.17, 15) is 5.11 Å². The van der Waals surface area contributed by atoms with Crippen molar-refractivity contribution < 1.29 is 16.1 Å². The average molecular weight is 726 g/mol. The summed E-state index contributed by atoms with van der Waals surface area (Å²) in [5, 5.41) is 11.4. The van der Waals surface area contributed by atoms with Crippen LogP contribution >= 0.6 is 0 Å². The largest absolute Gasteiger partial charge is 0.507 e. The maximum atomic E-state index is 11.4. The normalized spacial score (nSPS) is 14.3. The number of aromatic nitrogens is 3. The van der Waals surface area contributed by atoms with Gasteiger partial charge in [-0.1, -0.05) is 138 Å². The van der Waals surface area contributed by atoms with Crippen LogP contribution in [-0.2, 0) is 10.8 Å². The van der Waals surface area contributed by atoms with Gasteiger partial charge in [-0.2, -0.15) is 0 Å². The second-order valence-electron chi connectivity index (χ2n) is 16.0. The molecule has 2 aromatic heterocycles. The Labute approximate surface area is 336 Å². The van der Waals surface area contributed by atoms with E-state index < -0.39 is 25.0 Å². The topological polar surface area (TPSA) is 50.9 Å². The Bertz CT molecular complexity index is 3050. The fourth-order valence-corrected chi connectivity index (χ4v) is 7.03. The van der Waals surface area contributed by atoms with Crippen molar-refractivity contribution in [1.29, 1.82) is 0 Å². The maximum absolute atomic E-state index is 11.4. The van der Waals surface area contributed by atoms with Crippen LogP contribution in [0.3, 0.4) is 0 Å². The minimum absolute atomic E-state index is 0.0351. The number of imidazole rings is 1. The second kappa shape index (κ2) is 13.9. The molecular formula is C51H47N3O. The number of rotatable bonds is 6. The number of fused-ring (bicyclic) bond motifs is 1. The third-order valence-corrected chi connectivity index (χ3v) is 10.1. The van der Waals surface area contributed by atoms with Crippen molar-refractivity contribution in [2.75, 3.05) is 0 Å². The number of nitrogens with zero attached hydrogens (tertiary/aromatic N) is 3. The third-order valence-electron chi connectivity index (χ3n) is 10.1. The van der Waals surface area contributed by atoms with Crippen LogP contribution in [-0.4, -0.2) is 19.6 Å². The predicted octanol–water partition coefficient (Wildman–Crippen LogP) is 13.4. The molecule has 8 aromatic rings. The Morgan fingerprint density at radius 1 is 0.600 bits per heavy atom. The summed E-state index contributed by atoms with van der Waals surface area (Å²) in [5.74, 6) is 0.498. The van der Waals surface area contributed by atoms with Crippen LogP contribution in [0.2, 0.25) is 0 Å². The van der Waals surface area contributed by atoms with E-state index in [0.717, 1.165) is 38.9 Å². The Kier molecular flexibility index (Phi) is 6.89. The molecule has 8 rings (SSSR count). The van der Waals surface area contributed by atoms with Gasteiger partial charge in [0, 0.05) is 27.0 Å². The van der Waals surface area contributed by atoms with Gasteiger partial charge in [0.2, 0.25) is 0 Å². The zero-order valence-corrected chi connectivity index (χ0v) is 31.8. The van der Waals surface area contributed by atoms with Gasteiger partial charge in [-0.3, -0.25) is 9.55 Å². The molecule has 4 heteroatoms. The van der Waals surface area contributed by atoms with Crippen molar-refractivity contribution in [2.24, 2.45) is 0 Å². The fraction of sp³-hybridized carbons (Fsp3) is 0.176. The minimum Gasteiger partial charge on any atom is -0.507 e. The molecular weight excluding hydrogens is 671 g/mol. The Balaban J connectivity index is 1.39. The molecule has 0 bridgehead atoms. The fourth-order valence-electron chi connectivity index (χ4n) is 7.03. The number of phenolic OH excluding ortho intramolecular Hbond substituents is 1. The van der Waals surface area contributed by atoms with Gasteiger partial charge >= 0.3 is 0 Å². The molecule has 0 aliphatic rings. The van der Waals surface area contributed by atoms with Crippen LogP contribution in [0.1, 0.15) is 69.2 Å². The number of pyridine rings is 1. The smallest absolute Gasteiger partial charge is 0.149 e. The maximum Gasteiger partial charge on any atom is 0.149 e. The van der Waals surface area contributed by atoms with Gasteiger partial charge < -0.3 is 5.11 Å². The van der Waals surface area contributed by atoms with E-state index in [1.54, 1.807) is 42.6 Å². The van der Waals surface area contributed by atoms with Crippen LogP contribution in [0.25, 0.3) is 72.7 Å². The number of phenols is 1. The van der Waals surface area contributed by atoms with Crippen molar-refractivity contribution >= 4 is 11.0 Å². The summed E-state index contributed by atoms with van der Waals surface area (Å²) in [6.07, 6.45) is 1.58. The molecule has 6 aromatic carbocycles.